The van der Waals surface area contributed by atoms with Gasteiger partial charge < -0.3 is 10.8 Å². The first kappa shape index (κ1) is 9.72. The SMILES string of the molecule is CC(CCl)CC(N)C(=O)O. The average Bonchev–Trinajstić information content (AvgIpc) is 1.87. The monoisotopic (exact) mass is 165 g/mol. The van der Waals surface area contributed by atoms with Crippen LogP contribution in [-0.4, -0.2) is 23.0 Å². The summed E-state index contributed by atoms with van der Waals surface area (Å²) in [5.74, 6) is -0.328. The second-order valence-electron chi connectivity index (χ2n) is 2.44. The molecule has 0 radical (unpaired) electrons. The van der Waals surface area contributed by atoms with Crippen LogP contribution >= 0.6 is 11.6 Å². The molecule has 0 saturated heterocycles. The van der Waals surface area contributed by atoms with E-state index >= 15 is 0 Å². The Morgan fingerprint density at radius 2 is 2.30 bits per heavy atom. The smallest absolute Gasteiger partial charge is 0.320 e. The number of hydrogen-bond acceptors (Lipinski definition) is 2. The van der Waals surface area contributed by atoms with Gasteiger partial charge in [-0.05, 0) is 12.3 Å². The lowest BCUT2D eigenvalue weighted by Gasteiger charge is -2.09. The van der Waals surface area contributed by atoms with E-state index in [-0.39, 0.29) is 5.92 Å². The van der Waals surface area contributed by atoms with E-state index in [1.54, 1.807) is 0 Å². The molecule has 0 aromatic rings. The minimum absolute atomic E-state index is 0.174. The maximum Gasteiger partial charge on any atom is 0.320 e. The largest absolute Gasteiger partial charge is 0.480 e. The van der Waals surface area contributed by atoms with E-state index in [2.05, 4.69) is 0 Å². The molecule has 0 aliphatic heterocycles. The van der Waals surface area contributed by atoms with Crippen molar-refractivity contribution in [2.24, 2.45) is 11.7 Å². The third kappa shape index (κ3) is 3.69. The van der Waals surface area contributed by atoms with Gasteiger partial charge in [-0.25, -0.2) is 0 Å². The molecule has 0 saturated carbocycles. The first-order chi connectivity index (χ1) is 4.57. The van der Waals surface area contributed by atoms with Gasteiger partial charge in [0.15, 0.2) is 0 Å². The molecule has 2 unspecified atom stereocenters. The quantitative estimate of drug-likeness (QED) is 0.602. The lowest BCUT2D eigenvalue weighted by molar-refractivity contribution is -0.138. The van der Waals surface area contributed by atoms with Gasteiger partial charge in [-0.3, -0.25) is 4.79 Å². The Morgan fingerprint density at radius 3 is 2.60 bits per heavy atom. The molecule has 4 heteroatoms. The predicted molar refractivity (Wildman–Crippen MR) is 40.1 cm³/mol. The maximum absolute atomic E-state index is 10.2. The Balaban J connectivity index is 3.56. The van der Waals surface area contributed by atoms with Crippen molar-refractivity contribution in [1.29, 1.82) is 0 Å². The van der Waals surface area contributed by atoms with Crippen molar-refractivity contribution < 1.29 is 9.90 Å². The minimum Gasteiger partial charge on any atom is -0.480 e. The number of aliphatic carboxylic acids is 1. The highest BCUT2D eigenvalue weighted by atomic mass is 35.5. The summed E-state index contributed by atoms with van der Waals surface area (Å²) in [6.45, 7) is 1.87. The van der Waals surface area contributed by atoms with Gasteiger partial charge in [-0.1, -0.05) is 6.92 Å². The summed E-state index contributed by atoms with van der Waals surface area (Å²) in [6, 6.07) is -0.770. The van der Waals surface area contributed by atoms with Crippen molar-refractivity contribution >= 4 is 17.6 Å². The fraction of sp³-hybridized carbons (Fsp3) is 0.833. The van der Waals surface area contributed by atoms with Crippen molar-refractivity contribution in [3.05, 3.63) is 0 Å². The number of hydrogen-bond donors (Lipinski definition) is 2. The molecular formula is C6H12ClNO2. The van der Waals surface area contributed by atoms with Gasteiger partial charge in [0.2, 0.25) is 0 Å². The lowest BCUT2D eigenvalue weighted by atomic mass is 10.1. The summed E-state index contributed by atoms with van der Waals surface area (Å²) in [7, 11) is 0. The minimum atomic E-state index is -0.961. The fourth-order valence-corrected chi connectivity index (χ4v) is 0.723. The van der Waals surface area contributed by atoms with Crippen LogP contribution in [0.15, 0.2) is 0 Å². The highest BCUT2D eigenvalue weighted by Crippen LogP contribution is 2.05. The average molecular weight is 166 g/mol. The molecule has 0 spiro atoms. The highest BCUT2D eigenvalue weighted by Gasteiger charge is 2.14. The van der Waals surface area contributed by atoms with Crippen LogP contribution in [0.1, 0.15) is 13.3 Å². The van der Waals surface area contributed by atoms with E-state index < -0.39 is 12.0 Å². The standard InChI is InChI=1S/C6H12ClNO2/c1-4(3-7)2-5(8)6(9)10/h4-5H,2-3,8H2,1H3,(H,9,10). The van der Waals surface area contributed by atoms with E-state index in [1.807, 2.05) is 6.92 Å². The third-order valence-corrected chi connectivity index (χ3v) is 1.76. The van der Waals surface area contributed by atoms with Gasteiger partial charge in [0.05, 0.1) is 0 Å². The molecule has 3 N–H and O–H groups in total. The Labute approximate surface area is 65.2 Å². The second kappa shape index (κ2) is 4.52. The van der Waals surface area contributed by atoms with Crippen molar-refractivity contribution in [2.75, 3.05) is 5.88 Å². The van der Waals surface area contributed by atoms with Crippen LogP contribution in [0.3, 0.4) is 0 Å². The number of carbonyl (C=O) groups is 1. The fourth-order valence-electron chi connectivity index (χ4n) is 0.597. The van der Waals surface area contributed by atoms with E-state index in [1.165, 1.54) is 0 Å². The summed E-state index contributed by atoms with van der Waals surface area (Å²) in [5.41, 5.74) is 5.23. The summed E-state index contributed by atoms with van der Waals surface area (Å²) in [4.78, 5) is 10.2. The summed E-state index contributed by atoms with van der Waals surface area (Å²) in [5, 5.41) is 8.36. The van der Waals surface area contributed by atoms with E-state index in [0.29, 0.717) is 12.3 Å². The van der Waals surface area contributed by atoms with E-state index in [0.717, 1.165) is 0 Å². The molecule has 0 bridgehead atoms. The Kier molecular flexibility index (Phi) is 4.40. The van der Waals surface area contributed by atoms with Gasteiger partial charge in [0, 0.05) is 5.88 Å². The van der Waals surface area contributed by atoms with Gasteiger partial charge in [0.1, 0.15) is 6.04 Å². The molecule has 0 heterocycles. The van der Waals surface area contributed by atoms with Crippen LogP contribution in [-0.2, 0) is 4.79 Å². The Hall–Kier alpha value is -0.280. The zero-order chi connectivity index (χ0) is 8.15. The number of nitrogens with two attached hydrogens (primary N) is 1. The van der Waals surface area contributed by atoms with Crippen molar-refractivity contribution in [2.45, 2.75) is 19.4 Å². The summed E-state index contributed by atoms with van der Waals surface area (Å²) < 4.78 is 0. The number of halogens is 1. The molecule has 0 aliphatic carbocycles. The number of alkyl halides is 1. The zero-order valence-corrected chi connectivity index (χ0v) is 6.64. The van der Waals surface area contributed by atoms with Crippen LogP contribution < -0.4 is 5.73 Å². The Bertz CT molecular complexity index is 118. The molecular weight excluding hydrogens is 154 g/mol. The predicted octanol–water partition coefficient (Wildman–Crippen LogP) is 0.663. The van der Waals surface area contributed by atoms with Crippen LogP contribution in [0, 0.1) is 5.92 Å². The van der Waals surface area contributed by atoms with E-state index in [9.17, 15) is 4.79 Å². The molecule has 0 amide bonds. The molecule has 0 aliphatic rings. The van der Waals surface area contributed by atoms with Crippen LogP contribution in [0.4, 0.5) is 0 Å². The molecule has 0 fully saturated rings. The normalized spacial score (nSPS) is 16.3. The topological polar surface area (TPSA) is 63.3 Å². The maximum atomic E-state index is 10.2. The zero-order valence-electron chi connectivity index (χ0n) is 5.88. The highest BCUT2D eigenvalue weighted by molar-refractivity contribution is 6.18. The number of carboxylic acid groups (broad SMARTS) is 1. The molecule has 60 valence electrons. The number of rotatable bonds is 4. The molecule has 0 rings (SSSR count). The first-order valence-corrected chi connectivity index (χ1v) is 3.65. The third-order valence-electron chi connectivity index (χ3n) is 1.24. The van der Waals surface area contributed by atoms with Gasteiger partial charge in [0.25, 0.3) is 0 Å². The van der Waals surface area contributed by atoms with Crippen LogP contribution in [0.2, 0.25) is 0 Å². The molecule has 10 heavy (non-hydrogen) atoms. The van der Waals surface area contributed by atoms with Crippen molar-refractivity contribution in [1.82, 2.24) is 0 Å². The van der Waals surface area contributed by atoms with Gasteiger partial charge in [-0.15, -0.1) is 11.6 Å². The first-order valence-electron chi connectivity index (χ1n) is 3.12. The van der Waals surface area contributed by atoms with Crippen molar-refractivity contribution in [3.63, 3.8) is 0 Å². The number of carboxylic acids is 1. The molecule has 0 aromatic heterocycles. The summed E-state index contributed by atoms with van der Waals surface area (Å²) in [6.07, 6.45) is 0.443. The second-order valence-corrected chi connectivity index (χ2v) is 2.75. The van der Waals surface area contributed by atoms with Crippen LogP contribution in [0.25, 0.3) is 0 Å². The lowest BCUT2D eigenvalue weighted by Crippen LogP contribution is -2.32. The van der Waals surface area contributed by atoms with Crippen LogP contribution in [0.5, 0.6) is 0 Å². The van der Waals surface area contributed by atoms with E-state index in [4.69, 9.17) is 22.4 Å². The van der Waals surface area contributed by atoms with Gasteiger partial charge in [-0.2, -0.15) is 0 Å². The van der Waals surface area contributed by atoms with Gasteiger partial charge >= 0.3 is 5.97 Å². The molecule has 3 nitrogen and oxygen atoms in total. The van der Waals surface area contributed by atoms with Crippen molar-refractivity contribution in [3.8, 4) is 0 Å². The Morgan fingerprint density at radius 1 is 1.80 bits per heavy atom. The summed E-state index contributed by atoms with van der Waals surface area (Å²) >= 11 is 5.45. The molecule has 2 atom stereocenters. The molecule has 0 aromatic carbocycles.